The number of aromatic nitrogens is 2. The van der Waals surface area contributed by atoms with Crippen molar-refractivity contribution in [1.29, 1.82) is 0 Å². The number of ether oxygens (including phenoxy) is 2. The minimum absolute atomic E-state index is 0.348. The number of aryl methyl sites for hydroxylation is 1. The lowest BCUT2D eigenvalue weighted by Crippen LogP contribution is -2.31. The lowest BCUT2D eigenvalue weighted by atomic mass is 10.1. The van der Waals surface area contributed by atoms with E-state index in [2.05, 4.69) is 5.10 Å². The molecule has 1 aromatic heterocycles. The van der Waals surface area contributed by atoms with Crippen molar-refractivity contribution in [2.24, 2.45) is 0 Å². The Morgan fingerprint density at radius 1 is 1.03 bits per heavy atom. The fraction of sp³-hybridized carbons (Fsp3) is 0.304. The molecule has 1 unspecified atom stereocenters. The summed E-state index contributed by atoms with van der Waals surface area (Å²) in [5.74, 6) is 0.600. The van der Waals surface area contributed by atoms with Crippen molar-refractivity contribution in [2.45, 2.75) is 56.1 Å². The van der Waals surface area contributed by atoms with Crippen LogP contribution in [0, 0.1) is 6.92 Å². The van der Waals surface area contributed by atoms with Gasteiger partial charge in [-0.1, -0.05) is 48.2 Å². The molecule has 2 aromatic carbocycles. The SMILES string of the molecule is Cc1nn(C(C)(C)C)c(OC(=O)C(C)Oc2ccccc2)c1Sc1ccccc1. The van der Waals surface area contributed by atoms with Crippen molar-refractivity contribution in [3.63, 3.8) is 0 Å². The number of hydrogen-bond donors (Lipinski definition) is 0. The van der Waals surface area contributed by atoms with Crippen LogP contribution in [0.2, 0.25) is 0 Å². The zero-order valence-electron chi connectivity index (χ0n) is 17.4. The fourth-order valence-corrected chi connectivity index (χ4v) is 3.62. The highest BCUT2D eigenvalue weighted by Crippen LogP contribution is 2.40. The number of benzene rings is 2. The molecule has 0 saturated carbocycles. The molecule has 0 amide bonds. The van der Waals surface area contributed by atoms with E-state index in [9.17, 15) is 4.79 Å². The minimum atomic E-state index is -0.754. The highest BCUT2D eigenvalue weighted by Gasteiger charge is 2.29. The summed E-state index contributed by atoms with van der Waals surface area (Å²) in [5, 5.41) is 4.65. The Morgan fingerprint density at radius 3 is 2.21 bits per heavy atom. The molecule has 29 heavy (non-hydrogen) atoms. The van der Waals surface area contributed by atoms with Gasteiger partial charge in [-0.25, -0.2) is 9.48 Å². The molecule has 0 aliphatic rings. The number of esters is 1. The van der Waals surface area contributed by atoms with Gasteiger partial charge in [-0.3, -0.25) is 0 Å². The van der Waals surface area contributed by atoms with Crippen molar-refractivity contribution in [2.75, 3.05) is 0 Å². The Hall–Kier alpha value is -2.73. The van der Waals surface area contributed by atoms with E-state index < -0.39 is 12.1 Å². The molecule has 0 spiro atoms. The van der Waals surface area contributed by atoms with Gasteiger partial charge < -0.3 is 9.47 Å². The Kier molecular flexibility index (Phi) is 6.33. The van der Waals surface area contributed by atoms with Crippen LogP contribution in [-0.2, 0) is 10.3 Å². The first kappa shape index (κ1) is 21.0. The van der Waals surface area contributed by atoms with Gasteiger partial charge in [0, 0.05) is 4.90 Å². The zero-order chi connectivity index (χ0) is 21.0. The Balaban J connectivity index is 1.88. The summed E-state index contributed by atoms with van der Waals surface area (Å²) in [6, 6.07) is 19.2. The fourth-order valence-electron chi connectivity index (χ4n) is 2.69. The average molecular weight is 411 g/mol. The summed E-state index contributed by atoms with van der Waals surface area (Å²) in [4.78, 5) is 14.7. The van der Waals surface area contributed by atoms with Crippen molar-refractivity contribution < 1.29 is 14.3 Å². The van der Waals surface area contributed by atoms with Crippen LogP contribution < -0.4 is 9.47 Å². The van der Waals surface area contributed by atoms with Crippen LogP contribution in [0.25, 0.3) is 0 Å². The zero-order valence-corrected chi connectivity index (χ0v) is 18.2. The van der Waals surface area contributed by atoms with E-state index in [0.29, 0.717) is 11.6 Å². The largest absolute Gasteiger partial charge is 0.479 e. The quantitative estimate of drug-likeness (QED) is 0.504. The lowest BCUT2D eigenvalue weighted by molar-refractivity contribution is -0.142. The average Bonchev–Trinajstić information content (AvgIpc) is 2.99. The molecular weight excluding hydrogens is 384 g/mol. The first-order valence-corrected chi connectivity index (χ1v) is 10.3. The van der Waals surface area contributed by atoms with E-state index in [4.69, 9.17) is 9.47 Å². The molecule has 3 rings (SSSR count). The van der Waals surface area contributed by atoms with E-state index in [1.807, 2.05) is 88.4 Å². The van der Waals surface area contributed by atoms with Crippen LogP contribution in [0.1, 0.15) is 33.4 Å². The predicted molar refractivity (Wildman–Crippen MR) is 115 cm³/mol. The minimum Gasteiger partial charge on any atom is -0.479 e. The van der Waals surface area contributed by atoms with Crippen LogP contribution in [0.3, 0.4) is 0 Å². The Morgan fingerprint density at radius 2 is 1.62 bits per heavy atom. The molecule has 0 saturated heterocycles. The standard InChI is InChI=1S/C23H26N2O3S/c1-16-20(29-19-14-10-7-11-15-19)21(25(24-16)23(3,4)5)28-22(26)17(2)27-18-12-8-6-9-13-18/h6-15,17H,1-5H3. The van der Waals surface area contributed by atoms with Crippen molar-refractivity contribution in [3.05, 3.63) is 66.4 Å². The van der Waals surface area contributed by atoms with Gasteiger partial charge in [0.25, 0.3) is 0 Å². The van der Waals surface area contributed by atoms with Crippen molar-refractivity contribution >= 4 is 17.7 Å². The maximum absolute atomic E-state index is 12.8. The van der Waals surface area contributed by atoms with Gasteiger partial charge in [0.05, 0.1) is 16.1 Å². The van der Waals surface area contributed by atoms with Crippen molar-refractivity contribution in [1.82, 2.24) is 9.78 Å². The molecule has 0 fully saturated rings. The number of rotatable bonds is 6. The van der Waals surface area contributed by atoms with Gasteiger partial charge in [0.1, 0.15) is 5.75 Å². The smallest absolute Gasteiger partial charge is 0.353 e. The van der Waals surface area contributed by atoms with Gasteiger partial charge in [-0.15, -0.1) is 0 Å². The number of para-hydroxylation sites is 1. The number of hydrogen-bond acceptors (Lipinski definition) is 5. The summed E-state index contributed by atoms with van der Waals surface area (Å²) in [6.07, 6.45) is -0.754. The van der Waals surface area contributed by atoms with Crippen LogP contribution in [0.4, 0.5) is 0 Å². The molecule has 0 aliphatic heterocycles. The molecule has 0 radical (unpaired) electrons. The van der Waals surface area contributed by atoms with Crippen LogP contribution in [0.15, 0.2) is 70.5 Å². The van der Waals surface area contributed by atoms with Crippen LogP contribution in [0.5, 0.6) is 11.6 Å². The van der Waals surface area contributed by atoms with E-state index in [1.165, 1.54) is 11.8 Å². The summed E-state index contributed by atoms with van der Waals surface area (Å²) < 4.78 is 13.3. The lowest BCUT2D eigenvalue weighted by Gasteiger charge is -2.23. The summed E-state index contributed by atoms with van der Waals surface area (Å²) in [5.41, 5.74) is 0.465. The molecule has 1 heterocycles. The number of carbonyl (C=O) groups is 1. The van der Waals surface area contributed by atoms with Crippen LogP contribution in [-0.4, -0.2) is 21.9 Å². The second-order valence-corrected chi connectivity index (χ2v) is 8.80. The monoisotopic (exact) mass is 410 g/mol. The van der Waals surface area contributed by atoms with Gasteiger partial charge >= 0.3 is 5.97 Å². The van der Waals surface area contributed by atoms with Gasteiger partial charge in [0.15, 0.2) is 6.10 Å². The third kappa shape index (κ3) is 5.21. The second kappa shape index (κ2) is 8.74. The molecule has 1 atom stereocenters. The van der Waals surface area contributed by atoms with Crippen molar-refractivity contribution in [3.8, 4) is 11.6 Å². The van der Waals surface area contributed by atoms with E-state index in [-0.39, 0.29) is 5.54 Å². The normalized spacial score (nSPS) is 12.4. The highest BCUT2D eigenvalue weighted by atomic mass is 32.2. The van der Waals surface area contributed by atoms with Crippen LogP contribution >= 0.6 is 11.8 Å². The molecule has 0 N–H and O–H groups in total. The summed E-state index contributed by atoms with van der Waals surface area (Å²) in [7, 11) is 0. The summed E-state index contributed by atoms with van der Waals surface area (Å²) in [6.45, 7) is 9.69. The second-order valence-electron chi connectivity index (χ2n) is 7.71. The predicted octanol–water partition coefficient (Wildman–Crippen LogP) is 5.47. The summed E-state index contributed by atoms with van der Waals surface area (Å²) >= 11 is 1.53. The molecule has 5 nitrogen and oxygen atoms in total. The molecule has 0 aliphatic carbocycles. The Bertz CT molecular complexity index is 963. The third-order valence-electron chi connectivity index (χ3n) is 4.15. The first-order chi connectivity index (χ1) is 13.8. The topological polar surface area (TPSA) is 53.4 Å². The van der Waals surface area contributed by atoms with Gasteiger partial charge in [-0.2, -0.15) is 5.10 Å². The Labute approximate surface area is 176 Å². The first-order valence-electron chi connectivity index (χ1n) is 9.52. The number of carbonyl (C=O) groups excluding carboxylic acids is 1. The molecule has 0 bridgehead atoms. The van der Waals surface area contributed by atoms with Gasteiger partial charge in [0.2, 0.25) is 5.88 Å². The molecule has 3 aromatic rings. The third-order valence-corrected chi connectivity index (χ3v) is 5.33. The maximum Gasteiger partial charge on any atom is 0.353 e. The van der Waals surface area contributed by atoms with E-state index >= 15 is 0 Å². The molecule has 152 valence electrons. The molecule has 6 heteroatoms. The highest BCUT2D eigenvalue weighted by molar-refractivity contribution is 7.99. The maximum atomic E-state index is 12.8. The van der Waals surface area contributed by atoms with E-state index in [0.717, 1.165) is 15.5 Å². The van der Waals surface area contributed by atoms with Gasteiger partial charge in [-0.05, 0) is 58.9 Å². The van der Waals surface area contributed by atoms with E-state index in [1.54, 1.807) is 11.6 Å². The number of nitrogens with zero attached hydrogens (tertiary/aromatic N) is 2. The molecular formula is C23H26N2O3S.